The number of hydrogen-bond acceptors (Lipinski definition) is 4. The van der Waals surface area contributed by atoms with Crippen molar-refractivity contribution in [3.05, 3.63) is 48.6 Å². The predicted octanol–water partition coefficient (Wildman–Crippen LogP) is 5.72. The summed E-state index contributed by atoms with van der Waals surface area (Å²) in [5, 5.41) is -0.289. The SMILES string of the molecule is C=C[C@@H](O[Si](C)(C)C(C)(C)C)[C@H](CC(F)(F)F)C(=O)N1C(=O)OC[C@@H]1Cc1ccccc1. The number of carbonyl (C=O) groups is 2. The average molecular weight is 472 g/mol. The van der Waals surface area contributed by atoms with Crippen LogP contribution in [0.3, 0.4) is 0 Å². The van der Waals surface area contributed by atoms with Gasteiger partial charge in [-0.15, -0.1) is 6.58 Å². The fourth-order valence-electron chi connectivity index (χ4n) is 3.35. The maximum atomic E-state index is 13.5. The first-order chi connectivity index (χ1) is 14.7. The summed E-state index contributed by atoms with van der Waals surface area (Å²) in [5.74, 6) is -2.58. The Balaban J connectivity index is 2.36. The molecule has 5 nitrogen and oxygen atoms in total. The Morgan fingerprint density at radius 2 is 1.88 bits per heavy atom. The first-order valence-electron chi connectivity index (χ1n) is 10.6. The van der Waals surface area contributed by atoms with E-state index in [4.69, 9.17) is 9.16 Å². The molecule has 1 aromatic carbocycles. The number of halogens is 3. The van der Waals surface area contributed by atoms with Crippen LogP contribution in [0, 0.1) is 5.92 Å². The number of rotatable bonds is 8. The van der Waals surface area contributed by atoms with E-state index < -0.39 is 51.0 Å². The molecule has 0 aromatic heterocycles. The molecule has 1 aromatic rings. The first kappa shape index (κ1) is 26.1. The summed E-state index contributed by atoms with van der Waals surface area (Å²) in [6, 6.07) is 8.41. The molecule has 1 aliphatic rings. The minimum absolute atomic E-state index is 0.0694. The van der Waals surface area contributed by atoms with Crippen LogP contribution in [0.2, 0.25) is 18.1 Å². The maximum Gasteiger partial charge on any atom is 0.416 e. The molecular formula is C23H32F3NO4Si. The predicted molar refractivity (Wildman–Crippen MR) is 119 cm³/mol. The van der Waals surface area contributed by atoms with E-state index in [0.717, 1.165) is 10.5 Å². The van der Waals surface area contributed by atoms with E-state index in [1.54, 1.807) is 0 Å². The molecule has 0 unspecified atom stereocenters. The van der Waals surface area contributed by atoms with Gasteiger partial charge in [0.25, 0.3) is 0 Å². The van der Waals surface area contributed by atoms with Crippen LogP contribution in [0.5, 0.6) is 0 Å². The van der Waals surface area contributed by atoms with Crippen molar-refractivity contribution in [2.24, 2.45) is 5.92 Å². The topological polar surface area (TPSA) is 55.8 Å². The molecule has 0 bridgehead atoms. The van der Waals surface area contributed by atoms with Gasteiger partial charge in [0.2, 0.25) is 5.91 Å². The number of cyclic esters (lactones) is 1. The molecule has 1 fully saturated rings. The van der Waals surface area contributed by atoms with Crippen molar-refractivity contribution in [3.63, 3.8) is 0 Å². The second-order valence-corrected chi connectivity index (χ2v) is 14.4. The lowest BCUT2D eigenvalue weighted by molar-refractivity contribution is -0.164. The minimum atomic E-state index is -4.63. The maximum absolute atomic E-state index is 13.5. The molecule has 0 radical (unpaired) electrons. The summed E-state index contributed by atoms with van der Waals surface area (Å²) in [6.45, 7) is 13.2. The molecule has 32 heavy (non-hydrogen) atoms. The van der Waals surface area contributed by atoms with Crippen LogP contribution < -0.4 is 0 Å². The third kappa shape index (κ3) is 6.44. The highest BCUT2D eigenvalue weighted by Gasteiger charge is 2.49. The Morgan fingerprint density at radius 3 is 2.38 bits per heavy atom. The lowest BCUT2D eigenvalue weighted by atomic mass is 9.95. The van der Waals surface area contributed by atoms with Crippen molar-refractivity contribution in [3.8, 4) is 0 Å². The van der Waals surface area contributed by atoms with E-state index in [2.05, 4.69) is 6.58 Å². The van der Waals surface area contributed by atoms with Gasteiger partial charge >= 0.3 is 12.3 Å². The number of carbonyl (C=O) groups excluding carboxylic acids is 2. The second-order valence-electron chi connectivity index (χ2n) is 9.63. The van der Waals surface area contributed by atoms with E-state index in [-0.39, 0.29) is 11.6 Å². The number of amides is 2. The molecule has 0 spiro atoms. The van der Waals surface area contributed by atoms with Crippen LogP contribution in [0.1, 0.15) is 32.8 Å². The second kappa shape index (κ2) is 9.78. The van der Waals surface area contributed by atoms with Crippen LogP contribution in [-0.2, 0) is 20.4 Å². The number of imide groups is 1. The van der Waals surface area contributed by atoms with Crippen LogP contribution in [0.4, 0.5) is 18.0 Å². The van der Waals surface area contributed by atoms with E-state index in [1.165, 1.54) is 6.08 Å². The molecule has 1 heterocycles. The lowest BCUT2D eigenvalue weighted by Gasteiger charge is -2.41. The number of nitrogens with zero attached hydrogens (tertiary/aromatic N) is 1. The number of benzene rings is 1. The van der Waals surface area contributed by atoms with Crippen molar-refractivity contribution in [1.82, 2.24) is 4.90 Å². The third-order valence-electron chi connectivity index (χ3n) is 6.15. The zero-order chi connectivity index (χ0) is 24.3. The van der Waals surface area contributed by atoms with Gasteiger partial charge < -0.3 is 9.16 Å². The Morgan fingerprint density at radius 1 is 1.28 bits per heavy atom. The summed E-state index contributed by atoms with van der Waals surface area (Å²) in [7, 11) is -2.53. The third-order valence-corrected chi connectivity index (χ3v) is 10.6. The summed E-state index contributed by atoms with van der Waals surface area (Å²) in [5.41, 5.74) is 0.846. The van der Waals surface area contributed by atoms with Crippen LogP contribution in [-0.4, -0.2) is 50.1 Å². The molecule has 3 atom stereocenters. The molecule has 1 aliphatic heterocycles. The van der Waals surface area contributed by atoms with Crippen LogP contribution >= 0.6 is 0 Å². The zero-order valence-corrected chi connectivity index (χ0v) is 20.2. The summed E-state index contributed by atoms with van der Waals surface area (Å²) in [4.78, 5) is 26.6. The fourth-order valence-corrected chi connectivity index (χ4v) is 4.64. The molecule has 9 heteroatoms. The number of ether oxygens (including phenoxy) is 1. The largest absolute Gasteiger partial charge is 0.447 e. The number of alkyl halides is 3. The Bertz CT molecular complexity index is 821. The summed E-state index contributed by atoms with van der Waals surface area (Å²) >= 11 is 0. The van der Waals surface area contributed by atoms with Gasteiger partial charge in [0.1, 0.15) is 6.61 Å². The van der Waals surface area contributed by atoms with Gasteiger partial charge in [-0.3, -0.25) is 4.79 Å². The standard InChI is InChI=1S/C23H32F3NO4Si/c1-7-19(31-32(5,6)22(2,3)4)18(14-23(24,25)26)20(28)27-17(15-30-21(27)29)13-16-11-9-8-10-12-16/h7-12,17-19H,1,13-15H2,2-6H3/t17-,18-,19+/m0/s1. The highest BCUT2D eigenvalue weighted by molar-refractivity contribution is 6.74. The van der Waals surface area contributed by atoms with Gasteiger partial charge in [-0.1, -0.05) is 57.2 Å². The molecule has 2 rings (SSSR count). The lowest BCUT2D eigenvalue weighted by Crippen LogP contribution is -2.51. The van der Waals surface area contributed by atoms with E-state index >= 15 is 0 Å². The van der Waals surface area contributed by atoms with Crippen molar-refractivity contribution >= 4 is 20.3 Å². The molecule has 0 saturated carbocycles. The van der Waals surface area contributed by atoms with Gasteiger partial charge in [0, 0.05) is 0 Å². The number of hydrogen-bond donors (Lipinski definition) is 0. The smallest absolute Gasteiger partial charge is 0.416 e. The Kier molecular flexibility index (Phi) is 7.99. The molecule has 0 N–H and O–H groups in total. The Hall–Kier alpha value is -2.13. The highest BCUT2D eigenvalue weighted by Crippen LogP contribution is 2.40. The van der Waals surface area contributed by atoms with Gasteiger partial charge in [-0.2, -0.15) is 13.2 Å². The van der Waals surface area contributed by atoms with Crippen LogP contribution in [0.25, 0.3) is 0 Å². The van der Waals surface area contributed by atoms with Crippen molar-refractivity contribution in [1.29, 1.82) is 0 Å². The van der Waals surface area contributed by atoms with Gasteiger partial charge in [0.05, 0.1) is 24.5 Å². The van der Waals surface area contributed by atoms with Crippen molar-refractivity contribution in [2.45, 2.75) is 70.1 Å². The van der Waals surface area contributed by atoms with Crippen LogP contribution in [0.15, 0.2) is 43.0 Å². The van der Waals surface area contributed by atoms with Crippen molar-refractivity contribution < 1.29 is 31.9 Å². The normalized spacial score (nSPS) is 19.4. The van der Waals surface area contributed by atoms with E-state index in [1.807, 2.05) is 64.2 Å². The average Bonchev–Trinajstić information content (AvgIpc) is 3.03. The highest BCUT2D eigenvalue weighted by atomic mass is 28.4. The summed E-state index contributed by atoms with van der Waals surface area (Å²) < 4.78 is 51.7. The van der Waals surface area contributed by atoms with Gasteiger partial charge in [0.15, 0.2) is 8.32 Å². The summed E-state index contributed by atoms with van der Waals surface area (Å²) in [6.07, 6.45) is -6.63. The van der Waals surface area contributed by atoms with Crippen molar-refractivity contribution in [2.75, 3.05) is 6.61 Å². The van der Waals surface area contributed by atoms with E-state index in [0.29, 0.717) is 6.42 Å². The molecule has 1 saturated heterocycles. The molecule has 0 aliphatic carbocycles. The quantitative estimate of drug-likeness (QED) is 0.359. The van der Waals surface area contributed by atoms with E-state index in [9.17, 15) is 22.8 Å². The first-order valence-corrected chi connectivity index (χ1v) is 13.5. The monoisotopic (exact) mass is 471 g/mol. The Labute approximate surface area is 188 Å². The van der Waals surface area contributed by atoms with Gasteiger partial charge in [-0.05, 0) is 30.1 Å². The molecule has 2 amide bonds. The zero-order valence-electron chi connectivity index (χ0n) is 19.2. The fraction of sp³-hybridized carbons (Fsp3) is 0.565. The minimum Gasteiger partial charge on any atom is -0.447 e. The molecule has 178 valence electrons. The molecular weight excluding hydrogens is 439 g/mol. The van der Waals surface area contributed by atoms with Gasteiger partial charge in [-0.25, -0.2) is 9.69 Å².